The van der Waals surface area contributed by atoms with Gasteiger partial charge in [0, 0.05) is 12.8 Å². The van der Waals surface area contributed by atoms with Crippen molar-refractivity contribution in [3.8, 4) is 5.75 Å². The lowest BCUT2D eigenvalue weighted by molar-refractivity contribution is -0.117. The fraction of sp³-hybridized carbons (Fsp3) is 0.500. The van der Waals surface area contributed by atoms with E-state index in [4.69, 9.17) is 4.74 Å². The molecule has 2 rings (SSSR count). The predicted octanol–water partition coefficient (Wildman–Crippen LogP) is 5.16. The van der Waals surface area contributed by atoms with Crippen molar-refractivity contribution >= 4 is 17.2 Å². The number of Topliss-reactive ketones (excluding diaryl/α,β-unsaturated/α-hetero) is 1. The lowest BCUT2D eigenvalue weighted by Crippen LogP contribution is -2.32. The van der Waals surface area contributed by atoms with E-state index in [9.17, 15) is 9.90 Å². The molecule has 1 aromatic carbocycles. The molecule has 1 fully saturated rings. The first-order valence-corrected chi connectivity index (χ1v) is 8.53. The third-order valence-corrected chi connectivity index (χ3v) is 4.24. The molecule has 4 heteroatoms. The third-order valence-electron chi connectivity index (χ3n) is 4.24. The van der Waals surface area contributed by atoms with Gasteiger partial charge >= 0.3 is 0 Å². The number of methoxy groups -OCH3 is 1. The second-order valence-corrected chi connectivity index (χ2v) is 7.12. The van der Waals surface area contributed by atoms with Gasteiger partial charge < -0.3 is 9.84 Å². The molecule has 0 aromatic heterocycles. The van der Waals surface area contributed by atoms with Crippen LogP contribution in [-0.2, 0) is 4.79 Å². The van der Waals surface area contributed by atoms with Crippen molar-refractivity contribution in [2.24, 2.45) is 10.4 Å². The van der Waals surface area contributed by atoms with Crippen molar-refractivity contribution < 1.29 is 14.6 Å². The summed E-state index contributed by atoms with van der Waals surface area (Å²) < 4.78 is 5.16. The van der Waals surface area contributed by atoms with Crippen molar-refractivity contribution in [2.45, 2.75) is 52.9 Å². The number of hydrogen-bond acceptors (Lipinski definition) is 4. The van der Waals surface area contributed by atoms with Gasteiger partial charge in [-0.1, -0.05) is 27.2 Å². The molecule has 0 atom stereocenters. The topological polar surface area (TPSA) is 58.9 Å². The highest BCUT2D eigenvalue weighted by molar-refractivity contribution is 6.25. The van der Waals surface area contributed by atoms with E-state index in [1.54, 1.807) is 7.11 Å². The Bertz CT molecular complexity index is 654. The number of aliphatic hydroxyl groups is 1. The number of ether oxygens (including phenoxy) is 1. The van der Waals surface area contributed by atoms with E-state index < -0.39 is 0 Å². The number of carbonyl (C=O) groups is 1. The third kappa shape index (κ3) is 4.47. The number of rotatable bonds is 5. The predicted molar refractivity (Wildman–Crippen MR) is 97.3 cm³/mol. The van der Waals surface area contributed by atoms with E-state index in [0.717, 1.165) is 24.3 Å². The van der Waals surface area contributed by atoms with Crippen molar-refractivity contribution in [3.05, 3.63) is 35.6 Å². The Labute approximate surface area is 144 Å². The summed E-state index contributed by atoms with van der Waals surface area (Å²) in [6.07, 6.45) is 3.49. The van der Waals surface area contributed by atoms with Gasteiger partial charge in [0.05, 0.1) is 24.1 Å². The molecule has 0 aliphatic heterocycles. The van der Waals surface area contributed by atoms with Crippen LogP contribution in [0.25, 0.3) is 0 Å². The van der Waals surface area contributed by atoms with Gasteiger partial charge in [-0.2, -0.15) is 0 Å². The molecule has 1 aromatic rings. The monoisotopic (exact) mass is 329 g/mol. The molecule has 1 N–H and O–H groups in total. The van der Waals surface area contributed by atoms with Gasteiger partial charge in [0.2, 0.25) is 0 Å². The van der Waals surface area contributed by atoms with Gasteiger partial charge in [0.15, 0.2) is 5.78 Å². The molecule has 4 nitrogen and oxygen atoms in total. The molecule has 1 aliphatic rings. The van der Waals surface area contributed by atoms with Crippen LogP contribution in [-0.4, -0.2) is 23.7 Å². The maximum absolute atomic E-state index is 12.6. The molecule has 0 amide bonds. The highest BCUT2D eigenvalue weighted by atomic mass is 16.5. The summed E-state index contributed by atoms with van der Waals surface area (Å²) in [7, 11) is 1.62. The summed E-state index contributed by atoms with van der Waals surface area (Å²) in [6.45, 7) is 6.19. The minimum Gasteiger partial charge on any atom is -0.511 e. The van der Waals surface area contributed by atoms with Crippen LogP contribution in [0.5, 0.6) is 5.75 Å². The number of aliphatic hydroxyl groups excluding tert-OH is 1. The summed E-state index contributed by atoms with van der Waals surface area (Å²) in [4.78, 5) is 17.3. The van der Waals surface area contributed by atoms with E-state index in [-0.39, 0.29) is 17.0 Å². The van der Waals surface area contributed by atoms with Crippen LogP contribution in [0.15, 0.2) is 40.6 Å². The van der Waals surface area contributed by atoms with Crippen LogP contribution < -0.4 is 4.74 Å². The minimum absolute atomic E-state index is 0.00730. The quantitative estimate of drug-likeness (QED) is 0.599. The number of ketones is 1. The minimum atomic E-state index is -0.142. The van der Waals surface area contributed by atoms with Crippen LogP contribution >= 0.6 is 0 Å². The second kappa shape index (κ2) is 7.65. The van der Waals surface area contributed by atoms with Crippen molar-refractivity contribution in [1.29, 1.82) is 0 Å². The van der Waals surface area contributed by atoms with Crippen LogP contribution in [0.4, 0.5) is 5.69 Å². The second-order valence-electron chi connectivity index (χ2n) is 7.12. The summed E-state index contributed by atoms with van der Waals surface area (Å²) in [6, 6.07) is 7.41. The Morgan fingerprint density at radius 2 is 1.92 bits per heavy atom. The van der Waals surface area contributed by atoms with E-state index in [1.165, 1.54) is 0 Å². The van der Waals surface area contributed by atoms with Gasteiger partial charge in [0.1, 0.15) is 11.5 Å². The van der Waals surface area contributed by atoms with Crippen LogP contribution in [0.1, 0.15) is 52.9 Å². The SMILES string of the molecule is CCCC/C(O)=C1\C(=O)CC(C)(C)CC1=Nc1ccc(OC)cc1. The Balaban J connectivity index is 2.42. The average Bonchev–Trinajstić information content (AvgIpc) is 2.52. The Hall–Kier alpha value is -2.10. The first-order valence-electron chi connectivity index (χ1n) is 8.53. The van der Waals surface area contributed by atoms with Crippen LogP contribution in [0.2, 0.25) is 0 Å². The fourth-order valence-corrected chi connectivity index (χ4v) is 2.99. The van der Waals surface area contributed by atoms with Gasteiger partial charge in [-0.05, 0) is 42.5 Å². The van der Waals surface area contributed by atoms with E-state index in [1.807, 2.05) is 24.3 Å². The normalized spacial score (nSPS) is 21.0. The van der Waals surface area contributed by atoms with Gasteiger partial charge in [-0.15, -0.1) is 0 Å². The average molecular weight is 329 g/mol. The van der Waals surface area contributed by atoms with Crippen molar-refractivity contribution in [1.82, 2.24) is 0 Å². The van der Waals surface area contributed by atoms with E-state index >= 15 is 0 Å². The Morgan fingerprint density at radius 3 is 2.50 bits per heavy atom. The van der Waals surface area contributed by atoms with Crippen molar-refractivity contribution in [3.63, 3.8) is 0 Å². The lowest BCUT2D eigenvalue weighted by atomic mass is 9.73. The Kier molecular flexibility index (Phi) is 5.81. The first kappa shape index (κ1) is 18.2. The highest BCUT2D eigenvalue weighted by Crippen LogP contribution is 2.37. The molecular formula is C20H27NO3. The standard InChI is InChI=1S/C20H27NO3/c1-5-6-7-17(22)19-16(12-20(2,3)13-18(19)23)21-14-8-10-15(24-4)11-9-14/h8-11,22H,5-7,12-13H2,1-4H3/b19-17+,21-16?. The summed E-state index contributed by atoms with van der Waals surface area (Å²) in [5.74, 6) is 0.942. The zero-order valence-corrected chi connectivity index (χ0v) is 15.1. The van der Waals surface area contributed by atoms with Crippen molar-refractivity contribution in [2.75, 3.05) is 7.11 Å². The molecule has 24 heavy (non-hydrogen) atoms. The number of unbranched alkanes of at least 4 members (excludes halogenated alkanes) is 1. The number of allylic oxidation sites excluding steroid dienone is 2. The molecule has 0 unspecified atom stereocenters. The molecule has 1 saturated carbocycles. The molecule has 0 bridgehead atoms. The molecule has 0 radical (unpaired) electrons. The molecule has 0 heterocycles. The van der Waals surface area contributed by atoms with Gasteiger partial charge in [-0.3, -0.25) is 9.79 Å². The van der Waals surface area contributed by atoms with E-state index in [0.29, 0.717) is 30.5 Å². The number of carbonyl (C=O) groups excluding carboxylic acids is 1. The largest absolute Gasteiger partial charge is 0.511 e. The highest BCUT2D eigenvalue weighted by Gasteiger charge is 2.36. The smallest absolute Gasteiger partial charge is 0.168 e. The summed E-state index contributed by atoms with van der Waals surface area (Å²) in [5.41, 5.74) is 1.74. The Morgan fingerprint density at radius 1 is 1.25 bits per heavy atom. The number of hydrogen-bond donors (Lipinski definition) is 1. The molecule has 130 valence electrons. The first-order chi connectivity index (χ1) is 11.4. The van der Waals surface area contributed by atoms with E-state index in [2.05, 4.69) is 25.8 Å². The molecule has 0 spiro atoms. The maximum Gasteiger partial charge on any atom is 0.168 e. The number of benzene rings is 1. The molecule has 0 saturated heterocycles. The van der Waals surface area contributed by atoms with Crippen LogP contribution in [0.3, 0.4) is 0 Å². The lowest BCUT2D eigenvalue weighted by Gasteiger charge is -2.31. The number of aliphatic imine (C=N–C) groups is 1. The molecular weight excluding hydrogens is 302 g/mol. The summed E-state index contributed by atoms with van der Waals surface area (Å²) in [5, 5.41) is 10.4. The maximum atomic E-state index is 12.6. The zero-order valence-electron chi connectivity index (χ0n) is 15.1. The number of nitrogens with zero attached hydrogens (tertiary/aromatic N) is 1. The zero-order chi connectivity index (χ0) is 17.7. The van der Waals surface area contributed by atoms with Gasteiger partial charge in [-0.25, -0.2) is 0 Å². The fourth-order valence-electron chi connectivity index (χ4n) is 2.99. The summed E-state index contributed by atoms with van der Waals surface area (Å²) >= 11 is 0. The molecule has 1 aliphatic carbocycles. The van der Waals surface area contributed by atoms with Gasteiger partial charge in [0.25, 0.3) is 0 Å². The van der Waals surface area contributed by atoms with Crippen LogP contribution in [0, 0.1) is 5.41 Å².